The van der Waals surface area contributed by atoms with Crippen LogP contribution in [0.3, 0.4) is 0 Å². The van der Waals surface area contributed by atoms with Crippen LogP contribution in [0.2, 0.25) is 0 Å². The lowest BCUT2D eigenvalue weighted by Gasteiger charge is -1.86. The Morgan fingerprint density at radius 3 is 2.67 bits per heavy atom. The van der Waals surface area contributed by atoms with E-state index < -0.39 is 0 Å². The van der Waals surface area contributed by atoms with E-state index in [1.807, 2.05) is 0 Å². The molecule has 3 heteroatoms. The Labute approximate surface area is 53.6 Å². The van der Waals surface area contributed by atoms with Crippen molar-refractivity contribution in [2.75, 3.05) is 0 Å². The van der Waals surface area contributed by atoms with Gasteiger partial charge in [0.1, 0.15) is 0 Å². The van der Waals surface area contributed by atoms with Crippen LogP contribution in [0.1, 0.15) is 6.92 Å². The second-order valence-corrected chi connectivity index (χ2v) is 1.54. The Hall–Kier alpha value is -1.12. The lowest BCUT2D eigenvalue weighted by molar-refractivity contribution is 0.639. The predicted octanol–water partition coefficient (Wildman–Crippen LogP) is 1.36. The quantitative estimate of drug-likeness (QED) is 0.442. The molecule has 0 unspecified atom stereocenters. The molecule has 0 saturated heterocycles. The molecule has 0 radical (unpaired) electrons. The Kier molecular flexibility index (Phi) is 3.35. The zero-order chi connectivity index (χ0) is 7.28. The van der Waals surface area contributed by atoms with Gasteiger partial charge in [-0.15, -0.1) is 0 Å². The third-order valence-corrected chi connectivity index (χ3v) is 0.606. The average molecular weight is 128 g/mol. The van der Waals surface area contributed by atoms with Gasteiger partial charge in [-0.2, -0.15) is 0 Å². The molecule has 0 bridgehead atoms. The number of hydrogen-bond donors (Lipinski definition) is 1. The highest BCUT2D eigenvalue weighted by molar-refractivity contribution is 5.28. The molecule has 50 valence electrons. The molecule has 0 fully saturated rings. The van der Waals surface area contributed by atoms with E-state index >= 15 is 0 Å². The molecule has 0 rings (SSSR count). The lowest BCUT2D eigenvalue weighted by atomic mass is 10.4. The van der Waals surface area contributed by atoms with E-state index in [4.69, 9.17) is 5.73 Å². The van der Waals surface area contributed by atoms with Gasteiger partial charge in [-0.25, -0.2) is 4.39 Å². The Bertz CT molecular complexity index is 154. The minimum Gasteiger partial charge on any atom is -0.397 e. The molecule has 0 heterocycles. The maximum absolute atomic E-state index is 12.0. The molecular weight excluding hydrogens is 119 g/mol. The van der Waals surface area contributed by atoms with Crippen molar-refractivity contribution in [3.63, 3.8) is 0 Å². The summed E-state index contributed by atoms with van der Waals surface area (Å²) in [4.78, 5) is 3.34. The predicted molar refractivity (Wildman–Crippen MR) is 36.7 cm³/mol. The second kappa shape index (κ2) is 3.83. The Morgan fingerprint density at radius 1 is 1.78 bits per heavy atom. The van der Waals surface area contributed by atoms with Gasteiger partial charge in [0.2, 0.25) is 0 Å². The highest BCUT2D eigenvalue weighted by atomic mass is 19.1. The van der Waals surface area contributed by atoms with Crippen LogP contribution in [0.15, 0.2) is 28.8 Å². The van der Waals surface area contributed by atoms with Gasteiger partial charge in [0.05, 0.1) is 11.5 Å². The number of halogens is 1. The smallest absolute Gasteiger partial charge is 0.0989 e. The van der Waals surface area contributed by atoms with Crippen LogP contribution in [-0.4, -0.2) is 6.72 Å². The zero-order valence-electron chi connectivity index (χ0n) is 5.26. The Balaban J connectivity index is 4.05. The lowest BCUT2D eigenvalue weighted by Crippen LogP contribution is -1.91. The summed E-state index contributed by atoms with van der Waals surface area (Å²) in [6.45, 7) is 4.46. The van der Waals surface area contributed by atoms with E-state index in [0.29, 0.717) is 0 Å². The van der Waals surface area contributed by atoms with Gasteiger partial charge in [0.25, 0.3) is 0 Å². The summed E-state index contributed by atoms with van der Waals surface area (Å²) in [7, 11) is 0. The normalized spacial score (nSPS) is 13.6. The topological polar surface area (TPSA) is 38.4 Å². The molecule has 0 aliphatic carbocycles. The van der Waals surface area contributed by atoms with E-state index in [1.165, 1.54) is 19.2 Å². The molecule has 0 atom stereocenters. The van der Waals surface area contributed by atoms with Crippen molar-refractivity contribution < 1.29 is 4.39 Å². The monoisotopic (exact) mass is 128 g/mol. The van der Waals surface area contributed by atoms with Crippen molar-refractivity contribution in [3.05, 3.63) is 23.8 Å². The first-order valence-corrected chi connectivity index (χ1v) is 2.42. The fraction of sp³-hybridized carbons (Fsp3) is 0.167. The maximum Gasteiger partial charge on any atom is 0.0989 e. The zero-order valence-corrected chi connectivity index (χ0v) is 5.26. The van der Waals surface area contributed by atoms with E-state index in [-0.39, 0.29) is 11.5 Å². The van der Waals surface area contributed by atoms with Gasteiger partial charge >= 0.3 is 0 Å². The minimum atomic E-state index is -0.340. The summed E-state index contributed by atoms with van der Waals surface area (Å²) < 4.78 is 12.0. The van der Waals surface area contributed by atoms with Crippen LogP contribution in [0.4, 0.5) is 4.39 Å². The van der Waals surface area contributed by atoms with Crippen molar-refractivity contribution in [3.8, 4) is 0 Å². The third-order valence-electron chi connectivity index (χ3n) is 0.606. The van der Waals surface area contributed by atoms with E-state index in [0.717, 1.165) is 0 Å². The molecule has 0 aliphatic heterocycles. The van der Waals surface area contributed by atoms with Gasteiger partial charge < -0.3 is 5.73 Å². The molecule has 0 spiro atoms. The highest BCUT2D eigenvalue weighted by Crippen LogP contribution is 1.96. The second-order valence-electron chi connectivity index (χ2n) is 1.54. The average Bonchev–Trinajstić information content (AvgIpc) is 1.63. The van der Waals surface area contributed by atoms with Crippen molar-refractivity contribution in [2.24, 2.45) is 10.7 Å². The van der Waals surface area contributed by atoms with Crippen molar-refractivity contribution >= 4 is 6.72 Å². The standard InChI is InChI=1S/C6H9FN2/c1-5(7)3-6(8)4-9-2/h3-4H,2,8H2,1H3/b5-3+,6-4+. The molecule has 2 N–H and O–H groups in total. The van der Waals surface area contributed by atoms with Crippen LogP contribution in [0.5, 0.6) is 0 Å². The molecular formula is C6H9FN2. The molecule has 0 aliphatic rings. The van der Waals surface area contributed by atoms with Gasteiger partial charge in [-0.3, -0.25) is 4.99 Å². The highest BCUT2D eigenvalue weighted by Gasteiger charge is 1.83. The van der Waals surface area contributed by atoms with Crippen LogP contribution in [0, 0.1) is 0 Å². The van der Waals surface area contributed by atoms with Gasteiger partial charge in [-0.1, -0.05) is 0 Å². The van der Waals surface area contributed by atoms with E-state index in [2.05, 4.69) is 11.7 Å². The molecule has 0 amide bonds. The molecule has 2 nitrogen and oxygen atoms in total. The van der Waals surface area contributed by atoms with Crippen molar-refractivity contribution in [2.45, 2.75) is 6.92 Å². The summed E-state index contributed by atoms with van der Waals surface area (Å²) in [5, 5.41) is 0. The fourth-order valence-electron chi connectivity index (χ4n) is 0.372. The number of nitrogens with zero attached hydrogens (tertiary/aromatic N) is 1. The van der Waals surface area contributed by atoms with Crippen LogP contribution in [-0.2, 0) is 0 Å². The molecule has 0 aromatic rings. The third kappa shape index (κ3) is 4.74. The first-order chi connectivity index (χ1) is 4.16. The van der Waals surface area contributed by atoms with Crippen molar-refractivity contribution in [1.29, 1.82) is 0 Å². The molecule has 0 aromatic carbocycles. The number of nitrogens with two attached hydrogens (primary N) is 1. The van der Waals surface area contributed by atoms with E-state index in [1.54, 1.807) is 0 Å². The summed E-state index contributed by atoms with van der Waals surface area (Å²) in [6.07, 6.45) is 2.46. The molecule has 0 saturated carbocycles. The number of aliphatic imine (C=N–C) groups is 1. The summed E-state index contributed by atoms with van der Waals surface area (Å²) in [5.41, 5.74) is 5.46. The maximum atomic E-state index is 12.0. The Morgan fingerprint density at radius 2 is 2.33 bits per heavy atom. The van der Waals surface area contributed by atoms with E-state index in [9.17, 15) is 4.39 Å². The summed E-state index contributed by atoms with van der Waals surface area (Å²) in [6, 6.07) is 0. The summed E-state index contributed by atoms with van der Waals surface area (Å²) in [5.74, 6) is -0.340. The fourth-order valence-corrected chi connectivity index (χ4v) is 0.372. The van der Waals surface area contributed by atoms with Gasteiger partial charge in [0, 0.05) is 6.20 Å². The largest absolute Gasteiger partial charge is 0.397 e. The summed E-state index contributed by atoms with van der Waals surface area (Å²) >= 11 is 0. The number of allylic oxidation sites excluding steroid dienone is 2. The number of hydrogen-bond acceptors (Lipinski definition) is 2. The van der Waals surface area contributed by atoms with Gasteiger partial charge in [0.15, 0.2) is 0 Å². The minimum absolute atomic E-state index is 0.269. The van der Waals surface area contributed by atoms with Crippen LogP contribution in [0.25, 0.3) is 0 Å². The first-order valence-electron chi connectivity index (χ1n) is 2.42. The first kappa shape index (κ1) is 7.88. The molecule has 9 heavy (non-hydrogen) atoms. The van der Waals surface area contributed by atoms with Crippen molar-refractivity contribution in [1.82, 2.24) is 0 Å². The number of rotatable bonds is 2. The van der Waals surface area contributed by atoms with Crippen LogP contribution < -0.4 is 5.73 Å². The van der Waals surface area contributed by atoms with Gasteiger partial charge in [-0.05, 0) is 19.7 Å². The SMILES string of the molecule is C=N/C=C(N)\C=C(/C)F. The van der Waals surface area contributed by atoms with Crippen LogP contribution >= 0.6 is 0 Å². The molecule has 0 aromatic heterocycles.